The fourth-order valence-corrected chi connectivity index (χ4v) is 4.51. The number of rotatable bonds is 4. The Balaban J connectivity index is 0.00000280. The molecule has 3 atom stereocenters. The number of carbonyl (C=O) groups is 1. The number of benzene rings is 1. The van der Waals surface area contributed by atoms with Crippen LogP contribution in [0.1, 0.15) is 43.5 Å². The number of nitrogens with one attached hydrogen (secondary N) is 1. The van der Waals surface area contributed by atoms with Crippen LogP contribution >= 0.6 is 12.4 Å². The third-order valence-corrected chi connectivity index (χ3v) is 5.75. The average Bonchev–Trinajstić information content (AvgIpc) is 2.66. The van der Waals surface area contributed by atoms with Gasteiger partial charge < -0.3 is 15.1 Å². The molecule has 28 heavy (non-hydrogen) atoms. The zero-order chi connectivity index (χ0) is 19.6. The maximum atomic E-state index is 12.9. The van der Waals surface area contributed by atoms with Gasteiger partial charge in [0.05, 0.1) is 4.92 Å². The Hall–Kier alpha value is -1.86. The number of amides is 1. The fraction of sp³-hybridized carbons (Fsp3) is 0.650. The van der Waals surface area contributed by atoms with Crippen LogP contribution in [0.4, 0.5) is 11.4 Å². The van der Waals surface area contributed by atoms with Crippen molar-refractivity contribution in [3.63, 3.8) is 0 Å². The summed E-state index contributed by atoms with van der Waals surface area (Å²) in [5.41, 5.74) is 1.06. The van der Waals surface area contributed by atoms with Crippen LogP contribution in [-0.2, 0) is 0 Å². The minimum Gasteiger partial charge on any atom is -0.365 e. The van der Waals surface area contributed by atoms with Crippen molar-refractivity contribution in [2.24, 2.45) is 11.8 Å². The van der Waals surface area contributed by atoms with Crippen LogP contribution in [0, 0.1) is 22.0 Å². The van der Waals surface area contributed by atoms with Gasteiger partial charge in [0.15, 0.2) is 0 Å². The fourth-order valence-electron chi connectivity index (χ4n) is 4.51. The van der Waals surface area contributed by atoms with Gasteiger partial charge in [-0.1, -0.05) is 13.8 Å². The normalized spacial score (nSPS) is 25.2. The summed E-state index contributed by atoms with van der Waals surface area (Å²) in [6, 6.07) is 5.26. The van der Waals surface area contributed by atoms with Crippen molar-refractivity contribution >= 4 is 29.7 Å². The monoisotopic (exact) mass is 410 g/mol. The largest absolute Gasteiger partial charge is 0.365 e. The lowest BCUT2D eigenvalue weighted by Crippen LogP contribution is -2.47. The van der Waals surface area contributed by atoms with Gasteiger partial charge in [-0.15, -0.1) is 12.4 Å². The molecule has 2 fully saturated rings. The molecule has 3 rings (SSSR count). The summed E-state index contributed by atoms with van der Waals surface area (Å²) >= 11 is 0. The van der Waals surface area contributed by atoms with Crippen molar-refractivity contribution in [1.29, 1.82) is 0 Å². The highest BCUT2D eigenvalue weighted by Gasteiger charge is 2.29. The minimum atomic E-state index is -0.358. The topological polar surface area (TPSA) is 78.7 Å². The molecule has 3 unspecified atom stereocenters. The number of likely N-dealkylation sites (N-methyl/N-ethyl adjacent to an activating group) is 1. The van der Waals surface area contributed by atoms with Gasteiger partial charge in [0.1, 0.15) is 5.69 Å². The van der Waals surface area contributed by atoms with Crippen molar-refractivity contribution in [2.75, 3.05) is 38.1 Å². The van der Waals surface area contributed by atoms with Crippen molar-refractivity contribution in [1.82, 2.24) is 10.2 Å². The predicted octanol–water partition coefficient (Wildman–Crippen LogP) is 3.32. The Bertz CT molecular complexity index is 705. The van der Waals surface area contributed by atoms with Gasteiger partial charge in [-0.3, -0.25) is 14.9 Å². The molecule has 0 aromatic heterocycles. The van der Waals surface area contributed by atoms with Crippen LogP contribution in [0.5, 0.6) is 0 Å². The van der Waals surface area contributed by atoms with Crippen LogP contribution in [0.2, 0.25) is 0 Å². The number of halogens is 1. The molecule has 7 nitrogen and oxygen atoms in total. The highest BCUT2D eigenvalue weighted by atomic mass is 35.5. The number of hydrogen-bond donors (Lipinski definition) is 1. The van der Waals surface area contributed by atoms with Gasteiger partial charge in [0, 0.05) is 43.9 Å². The summed E-state index contributed by atoms with van der Waals surface area (Å²) in [6.45, 7) is 7.34. The first kappa shape index (κ1) is 22.4. The Morgan fingerprint density at radius 2 is 1.89 bits per heavy atom. The first-order chi connectivity index (χ1) is 12.9. The number of hydrogen-bond acceptors (Lipinski definition) is 5. The van der Waals surface area contributed by atoms with Crippen LogP contribution in [-0.4, -0.2) is 55.0 Å². The van der Waals surface area contributed by atoms with E-state index in [0.29, 0.717) is 36.2 Å². The van der Waals surface area contributed by atoms with E-state index in [1.54, 1.807) is 17.0 Å². The third-order valence-electron chi connectivity index (χ3n) is 5.75. The summed E-state index contributed by atoms with van der Waals surface area (Å²) in [5.74, 6) is 0.882. The number of anilines is 1. The summed E-state index contributed by atoms with van der Waals surface area (Å²) in [4.78, 5) is 28.2. The van der Waals surface area contributed by atoms with Gasteiger partial charge in [-0.2, -0.15) is 0 Å². The zero-order valence-electron chi connectivity index (χ0n) is 16.9. The van der Waals surface area contributed by atoms with Crippen LogP contribution < -0.4 is 10.2 Å². The zero-order valence-corrected chi connectivity index (χ0v) is 17.7. The highest BCUT2D eigenvalue weighted by Crippen LogP contribution is 2.34. The molecule has 8 heteroatoms. The molecule has 0 bridgehead atoms. The summed E-state index contributed by atoms with van der Waals surface area (Å²) in [6.07, 6.45) is 3.13. The van der Waals surface area contributed by atoms with Gasteiger partial charge in [0.25, 0.3) is 11.6 Å². The first-order valence-electron chi connectivity index (χ1n) is 9.89. The Morgan fingerprint density at radius 3 is 2.50 bits per heavy atom. The number of piperidine rings is 2. The standard InChI is InChI=1S/C20H30N4O3.ClH/c1-14-9-15(2)12-23(11-14)18-7-6-16(10-19(18)24(26)27)20(25)22-8-4-5-17(13-22)21-3;/h6-7,10,14-15,17,21H,4-5,8-9,11-13H2,1-3H3;1H. The van der Waals surface area contributed by atoms with Gasteiger partial charge in [-0.25, -0.2) is 0 Å². The smallest absolute Gasteiger partial charge is 0.293 e. The maximum Gasteiger partial charge on any atom is 0.293 e. The van der Waals surface area contributed by atoms with Crippen LogP contribution in [0.15, 0.2) is 18.2 Å². The predicted molar refractivity (Wildman–Crippen MR) is 113 cm³/mol. The van der Waals surface area contributed by atoms with Crippen LogP contribution in [0.25, 0.3) is 0 Å². The second-order valence-electron chi connectivity index (χ2n) is 8.19. The van der Waals surface area contributed by atoms with Crippen molar-refractivity contribution < 1.29 is 9.72 Å². The number of likely N-dealkylation sites (tertiary alicyclic amines) is 1. The number of carbonyl (C=O) groups excluding carboxylic acids is 1. The molecule has 0 saturated carbocycles. The Morgan fingerprint density at radius 1 is 1.21 bits per heavy atom. The quantitative estimate of drug-likeness (QED) is 0.608. The van der Waals surface area contributed by atoms with Crippen molar-refractivity contribution in [3.8, 4) is 0 Å². The van der Waals surface area contributed by atoms with Gasteiger partial charge >= 0.3 is 0 Å². The summed E-state index contributed by atoms with van der Waals surface area (Å²) in [7, 11) is 1.90. The van der Waals surface area contributed by atoms with E-state index in [0.717, 1.165) is 32.4 Å². The number of nitro benzene ring substituents is 1. The van der Waals surface area contributed by atoms with Crippen molar-refractivity contribution in [3.05, 3.63) is 33.9 Å². The molecule has 2 aliphatic rings. The molecule has 2 aliphatic heterocycles. The van der Waals surface area contributed by atoms with E-state index < -0.39 is 0 Å². The lowest BCUT2D eigenvalue weighted by atomic mass is 9.91. The van der Waals surface area contributed by atoms with E-state index in [9.17, 15) is 14.9 Å². The Kier molecular flexibility index (Phi) is 7.66. The van der Waals surface area contributed by atoms with Gasteiger partial charge in [0.2, 0.25) is 0 Å². The molecule has 0 aliphatic carbocycles. The van der Waals surface area contributed by atoms with E-state index >= 15 is 0 Å². The molecule has 156 valence electrons. The minimum absolute atomic E-state index is 0. The summed E-state index contributed by atoms with van der Waals surface area (Å²) in [5, 5.41) is 14.9. The van der Waals surface area contributed by atoms with E-state index in [1.165, 1.54) is 6.07 Å². The van der Waals surface area contributed by atoms with E-state index in [4.69, 9.17) is 0 Å². The molecular weight excluding hydrogens is 380 g/mol. The highest BCUT2D eigenvalue weighted by molar-refractivity contribution is 5.96. The molecule has 1 N–H and O–H groups in total. The van der Waals surface area contributed by atoms with E-state index in [-0.39, 0.29) is 35.0 Å². The summed E-state index contributed by atoms with van der Waals surface area (Å²) < 4.78 is 0. The van der Waals surface area contributed by atoms with Crippen molar-refractivity contribution in [2.45, 2.75) is 39.2 Å². The van der Waals surface area contributed by atoms with Crippen LogP contribution in [0.3, 0.4) is 0 Å². The lowest BCUT2D eigenvalue weighted by molar-refractivity contribution is -0.384. The van der Waals surface area contributed by atoms with E-state index in [2.05, 4.69) is 24.1 Å². The molecule has 2 heterocycles. The molecule has 1 aromatic rings. The SMILES string of the molecule is CNC1CCCN(C(=O)c2ccc(N3CC(C)CC(C)C3)c([N+](=O)[O-])c2)C1.Cl. The molecule has 0 spiro atoms. The molecule has 0 radical (unpaired) electrons. The molecule has 1 amide bonds. The number of nitro groups is 1. The second kappa shape index (κ2) is 9.56. The van der Waals surface area contributed by atoms with Gasteiger partial charge in [-0.05, 0) is 50.3 Å². The lowest BCUT2D eigenvalue weighted by Gasteiger charge is -2.36. The molecular formula is C20H31ClN4O3. The average molecular weight is 411 g/mol. The first-order valence-corrected chi connectivity index (χ1v) is 9.89. The second-order valence-corrected chi connectivity index (χ2v) is 8.19. The maximum absolute atomic E-state index is 12.9. The Labute approximate surface area is 173 Å². The van der Waals surface area contributed by atoms with E-state index in [1.807, 2.05) is 7.05 Å². The molecule has 2 saturated heterocycles. The third kappa shape index (κ3) is 4.94. The molecule has 1 aromatic carbocycles. The number of nitrogens with zero attached hydrogens (tertiary/aromatic N) is 3.